The van der Waals surface area contributed by atoms with Crippen molar-refractivity contribution in [2.75, 3.05) is 5.75 Å². The van der Waals surface area contributed by atoms with Gasteiger partial charge >= 0.3 is 12.4 Å². The maximum absolute atomic E-state index is 12.9. The summed E-state index contributed by atoms with van der Waals surface area (Å²) in [6.07, 6.45) is -6.55. The van der Waals surface area contributed by atoms with E-state index in [1.165, 1.54) is 16.8 Å². The van der Waals surface area contributed by atoms with Gasteiger partial charge in [-0.25, -0.2) is 9.97 Å². The Morgan fingerprint density at radius 3 is 2.44 bits per heavy atom. The van der Waals surface area contributed by atoms with Crippen LogP contribution in [0.2, 0.25) is 0 Å². The molecule has 3 rings (SSSR count). The topological polar surface area (TPSA) is 30.2 Å². The third kappa shape index (κ3) is 3.61. The molecule has 3 aromatic rings. The number of thiazole rings is 1. The van der Waals surface area contributed by atoms with Gasteiger partial charge in [-0.3, -0.25) is 0 Å². The predicted molar refractivity (Wildman–Crippen MR) is 82.7 cm³/mol. The molecule has 0 atom stereocenters. The largest absolute Gasteiger partial charge is 0.443 e. The Balaban J connectivity index is 2.11. The van der Waals surface area contributed by atoms with Crippen LogP contribution in [0.3, 0.4) is 0 Å². The molecule has 3 nitrogen and oxygen atoms in total. The Kier molecular flexibility index (Phi) is 4.48. The lowest BCUT2D eigenvalue weighted by atomic mass is 10.2. The van der Waals surface area contributed by atoms with E-state index in [0.717, 1.165) is 23.9 Å². The number of hydrogen-bond donors (Lipinski definition) is 0. The highest BCUT2D eigenvalue weighted by atomic mass is 32.2. The SMILES string of the molecule is CCSc1nc(C(F)(F)F)sc1-c1cn2ccc(C(F)(F)F)cc2n1. The number of alkyl halides is 6. The van der Waals surface area contributed by atoms with E-state index >= 15 is 0 Å². The predicted octanol–water partition coefficient (Wildman–Crippen LogP) is 5.61. The van der Waals surface area contributed by atoms with E-state index in [-0.39, 0.29) is 21.2 Å². The summed E-state index contributed by atoms with van der Waals surface area (Å²) in [5, 5.41) is -0.842. The molecule has 0 fully saturated rings. The number of thioether (sulfide) groups is 1. The van der Waals surface area contributed by atoms with Crippen LogP contribution in [0.15, 0.2) is 29.6 Å². The number of fused-ring (bicyclic) bond motifs is 1. The van der Waals surface area contributed by atoms with Crippen molar-refractivity contribution in [3.63, 3.8) is 0 Å². The molecule has 0 saturated heterocycles. The van der Waals surface area contributed by atoms with E-state index in [4.69, 9.17) is 0 Å². The number of hydrogen-bond acceptors (Lipinski definition) is 4. The van der Waals surface area contributed by atoms with Gasteiger partial charge in [-0.15, -0.1) is 23.1 Å². The molecule has 0 unspecified atom stereocenters. The summed E-state index contributed by atoms with van der Waals surface area (Å²) in [7, 11) is 0. The highest BCUT2D eigenvalue weighted by Gasteiger charge is 2.36. The molecule has 0 spiro atoms. The van der Waals surface area contributed by atoms with Crippen molar-refractivity contribution in [2.45, 2.75) is 24.3 Å². The van der Waals surface area contributed by atoms with Crippen LogP contribution in [0, 0.1) is 0 Å². The van der Waals surface area contributed by atoms with E-state index in [1.54, 1.807) is 6.92 Å². The van der Waals surface area contributed by atoms with Crippen molar-refractivity contribution >= 4 is 28.7 Å². The van der Waals surface area contributed by atoms with Crippen molar-refractivity contribution in [3.05, 3.63) is 35.1 Å². The number of halogens is 6. The molecule has 0 saturated carbocycles. The summed E-state index contributed by atoms with van der Waals surface area (Å²) in [5.74, 6) is 0.500. The first-order valence-electron chi connectivity index (χ1n) is 6.86. The zero-order chi connectivity index (χ0) is 18.4. The van der Waals surface area contributed by atoms with Gasteiger partial charge in [0, 0.05) is 12.4 Å². The molecular weight excluding hydrogens is 388 g/mol. The number of imidazole rings is 1. The standard InChI is InChI=1S/C14H9F6N3S2/c1-2-24-11-10(25-12(22-11)14(18,19)20)8-6-23-4-3-7(13(15,16)17)5-9(23)21-8/h3-6H,2H2,1H3. The van der Waals surface area contributed by atoms with Gasteiger partial charge < -0.3 is 4.40 Å². The number of nitrogens with zero attached hydrogens (tertiary/aromatic N) is 3. The van der Waals surface area contributed by atoms with Gasteiger partial charge in [0.1, 0.15) is 16.4 Å². The summed E-state index contributed by atoms with van der Waals surface area (Å²) in [6.45, 7) is 1.76. The lowest BCUT2D eigenvalue weighted by Gasteiger charge is -2.05. The monoisotopic (exact) mass is 397 g/mol. The zero-order valence-corrected chi connectivity index (χ0v) is 14.1. The fourth-order valence-corrected chi connectivity index (χ4v) is 3.90. The quantitative estimate of drug-likeness (QED) is 0.425. The number of pyridine rings is 1. The Hall–Kier alpha value is -1.75. The van der Waals surface area contributed by atoms with Crippen molar-refractivity contribution in [1.29, 1.82) is 0 Å². The molecule has 3 heterocycles. The molecule has 11 heteroatoms. The van der Waals surface area contributed by atoms with Gasteiger partial charge in [0.05, 0.1) is 10.4 Å². The van der Waals surface area contributed by atoms with Crippen LogP contribution in [-0.2, 0) is 12.4 Å². The minimum atomic E-state index is -4.59. The summed E-state index contributed by atoms with van der Waals surface area (Å²) < 4.78 is 78.4. The molecule has 0 aromatic carbocycles. The van der Waals surface area contributed by atoms with Gasteiger partial charge in [0.25, 0.3) is 0 Å². The average Bonchev–Trinajstić information content (AvgIpc) is 3.08. The molecule has 0 radical (unpaired) electrons. The molecule has 0 N–H and O–H groups in total. The average molecular weight is 397 g/mol. The van der Waals surface area contributed by atoms with E-state index in [9.17, 15) is 26.3 Å². The van der Waals surface area contributed by atoms with Crippen LogP contribution in [0.5, 0.6) is 0 Å². The summed E-state index contributed by atoms with van der Waals surface area (Å²) in [5.41, 5.74) is -0.719. The first kappa shape index (κ1) is 18.1. The fourth-order valence-electron chi connectivity index (χ4n) is 2.09. The van der Waals surface area contributed by atoms with Gasteiger partial charge in [-0.05, 0) is 17.9 Å². The molecule has 0 bridgehead atoms. The van der Waals surface area contributed by atoms with E-state index in [0.29, 0.717) is 17.1 Å². The maximum atomic E-state index is 12.9. The van der Waals surface area contributed by atoms with Crippen LogP contribution < -0.4 is 0 Å². The first-order chi connectivity index (χ1) is 11.6. The zero-order valence-electron chi connectivity index (χ0n) is 12.4. The smallest absolute Gasteiger partial charge is 0.306 e. The Morgan fingerprint density at radius 2 is 1.84 bits per heavy atom. The normalized spacial score (nSPS) is 12.9. The Morgan fingerprint density at radius 1 is 1.12 bits per heavy atom. The maximum Gasteiger partial charge on any atom is 0.443 e. The third-order valence-electron chi connectivity index (χ3n) is 3.14. The Labute approximate surface area is 145 Å². The van der Waals surface area contributed by atoms with Gasteiger partial charge in [-0.1, -0.05) is 6.92 Å². The highest BCUT2D eigenvalue weighted by molar-refractivity contribution is 7.99. The second-order valence-electron chi connectivity index (χ2n) is 4.89. The second-order valence-corrected chi connectivity index (χ2v) is 7.14. The summed E-state index contributed by atoms with van der Waals surface area (Å²) in [6, 6.07) is 1.73. The molecular formula is C14H9F6N3S2. The van der Waals surface area contributed by atoms with Crippen LogP contribution in [0.25, 0.3) is 16.2 Å². The molecule has 0 aliphatic carbocycles. The number of aromatic nitrogens is 3. The summed E-state index contributed by atoms with van der Waals surface area (Å²) in [4.78, 5) is 7.84. The third-order valence-corrected chi connectivity index (χ3v) is 5.25. The summed E-state index contributed by atoms with van der Waals surface area (Å²) >= 11 is 1.55. The van der Waals surface area contributed by atoms with Crippen LogP contribution in [0.4, 0.5) is 26.3 Å². The highest BCUT2D eigenvalue weighted by Crippen LogP contribution is 2.42. The molecule has 0 aliphatic heterocycles. The van der Waals surface area contributed by atoms with Crippen LogP contribution in [0.1, 0.15) is 17.5 Å². The van der Waals surface area contributed by atoms with E-state index < -0.39 is 22.9 Å². The van der Waals surface area contributed by atoms with Gasteiger partial charge in [-0.2, -0.15) is 26.3 Å². The second kappa shape index (κ2) is 6.20. The molecule has 3 aromatic heterocycles. The molecule has 0 amide bonds. The lowest BCUT2D eigenvalue weighted by molar-refractivity contribution is -0.138. The van der Waals surface area contributed by atoms with E-state index in [2.05, 4.69) is 9.97 Å². The van der Waals surface area contributed by atoms with Gasteiger partial charge in [0.15, 0.2) is 5.01 Å². The molecule has 134 valence electrons. The van der Waals surface area contributed by atoms with Gasteiger partial charge in [0.2, 0.25) is 0 Å². The van der Waals surface area contributed by atoms with Crippen LogP contribution >= 0.6 is 23.1 Å². The number of rotatable bonds is 3. The van der Waals surface area contributed by atoms with Crippen molar-refractivity contribution in [3.8, 4) is 10.6 Å². The Bertz CT molecular complexity index is 910. The minimum Gasteiger partial charge on any atom is -0.306 e. The lowest BCUT2D eigenvalue weighted by Crippen LogP contribution is -2.05. The van der Waals surface area contributed by atoms with E-state index in [1.807, 2.05) is 0 Å². The molecule has 25 heavy (non-hydrogen) atoms. The minimum absolute atomic E-state index is 0.000711. The first-order valence-corrected chi connectivity index (χ1v) is 8.67. The fraction of sp³-hybridized carbons (Fsp3) is 0.286. The van der Waals surface area contributed by atoms with Crippen molar-refractivity contribution in [1.82, 2.24) is 14.4 Å². The molecule has 0 aliphatic rings. The van der Waals surface area contributed by atoms with Crippen molar-refractivity contribution in [2.24, 2.45) is 0 Å². The van der Waals surface area contributed by atoms with Crippen LogP contribution in [-0.4, -0.2) is 20.1 Å². The van der Waals surface area contributed by atoms with Crippen molar-refractivity contribution < 1.29 is 26.3 Å².